The van der Waals surface area contributed by atoms with Gasteiger partial charge in [0.05, 0.1) is 0 Å². The van der Waals surface area contributed by atoms with Gasteiger partial charge < -0.3 is 8.83 Å². The molecule has 17 aromatic rings. The molecule has 0 N–H and O–H groups in total. The molecule has 0 fully saturated rings. The monoisotopic (exact) mass is 1020 g/mol. The van der Waals surface area contributed by atoms with Crippen molar-refractivity contribution in [2.45, 2.75) is 0 Å². The van der Waals surface area contributed by atoms with Crippen LogP contribution in [0.3, 0.4) is 0 Å². The third-order valence-electron chi connectivity index (χ3n) is 16.6. The Bertz CT molecular complexity index is 5250. The molecule has 0 spiro atoms. The van der Waals surface area contributed by atoms with Crippen LogP contribution in [0.15, 0.2) is 276 Å². The molecule has 2 nitrogen and oxygen atoms in total. The highest BCUT2D eigenvalue weighted by Gasteiger charge is 2.23. The number of rotatable bonds is 6. The SMILES string of the molecule is c1ccc(-c2ccc3oc4ccc(-c5c6ccccc6c(-c6ccc7sc8c(-c9c%10ccccc%10c(-c%10ccc%11oc%12ccc(-c%13ccccc%13)cc%12c%11c%10)c%10ccccc9%10)cccc8c7c6)c6ccccc56)cc4c3c2)cc1. The van der Waals surface area contributed by atoms with E-state index < -0.39 is 0 Å². The smallest absolute Gasteiger partial charge is 0.135 e. The van der Waals surface area contributed by atoms with Crippen LogP contribution < -0.4 is 0 Å². The minimum absolute atomic E-state index is 0.891. The van der Waals surface area contributed by atoms with E-state index in [0.29, 0.717) is 0 Å². The van der Waals surface area contributed by atoms with E-state index in [4.69, 9.17) is 8.83 Å². The molecule has 0 saturated heterocycles. The van der Waals surface area contributed by atoms with E-state index in [1.54, 1.807) is 0 Å². The number of furan rings is 2. The fourth-order valence-corrected chi connectivity index (χ4v) is 14.3. The Morgan fingerprint density at radius 2 is 0.519 bits per heavy atom. The summed E-state index contributed by atoms with van der Waals surface area (Å²) in [5.41, 5.74) is 18.1. The molecule has 79 heavy (non-hydrogen) atoms. The summed E-state index contributed by atoms with van der Waals surface area (Å²) in [5, 5.41) is 16.9. The summed E-state index contributed by atoms with van der Waals surface area (Å²) < 4.78 is 15.5. The van der Waals surface area contributed by atoms with E-state index in [1.165, 1.54) is 130 Å². The Labute approximate surface area is 458 Å². The van der Waals surface area contributed by atoms with E-state index in [0.717, 1.165) is 43.9 Å². The number of hydrogen-bond donors (Lipinski definition) is 0. The van der Waals surface area contributed by atoms with Gasteiger partial charge in [-0.2, -0.15) is 0 Å². The zero-order valence-corrected chi connectivity index (χ0v) is 43.4. The van der Waals surface area contributed by atoms with E-state index in [2.05, 4.69) is 267 Å². The van der Waals surface area contributed by atoms with Gasteiger partial charge in [-0.1, -0.05) is 206 Å². The zero-order valence-electron chi connectivity index (χ0n) is 42.6. The summed E-state index contributed by atoms with van der Waals surface area (Å²) in [7, 11) is 0. The van der Waals surface area contributed by atoms with Crippen molar-refractivity contribution in [3.63, 3.8) is 0 Å². The molecule has 0 unspecified atom stereocenters. The maximum absolute atomic E-state index is 6.48. The van der Waals surface area contributed by atoms with Gasteiger partial charge in [-0.3, -0.25) is 0 Å². The van der Waals surface area contributed by atoms with Crippen molar-refractivity contribution in [3.8, 4) is 66.8 Å². The first-order chi connectivity index (χ1) is 39.2. The summed E-state index contributed by atoms with van der Waals surface area (Å²) in [5.74, 6) is 0. The molecule has 3 heteroatoms. The third kappa shape index (κ3) is 6.77. The van der Waals surface area contributed by atoms with Crippen molar-refractivity contribution >= 4 is 118 Å². The molecular formula is C76H44O2S. The Hall–Kier alpha value is -10.1. The quantitative estimate of drug-likeness (QED) is 0.155. The van der Waals surface area contributed by atoms with Gasteiger partial charge in [0.25, 0.3) is 0 Å². The Balaban J connectivity index is 0.823. The normalized spacial score (nSPS) is 12.1. The van der Waals surface area contributed by atoms with Gasteiger partial charge in [-0.15, -0.1) is 11.3 Å². The van der Waals surface area contributed by atoms with Crippen molar-refractivity contribution in [2.24, 2.45) is 0 Å². The number of benzene rings is 14. The molecule has 0 atom stereocenters. The second kappa shape index (κ2) is 17.2. The molecule has 0 aliphatic heterocycles. The maximum Gasteiger partial charge on any atom is 0.135 e. The Kier molecular flexibility index (Phi) is 9.62. The van der Waals surface area contributed by atoms with Gasteiger partial charge >= 0.3 is 0 Å². The highest BCUT2D eigenvalue weighted by molar-refractivity contribution is 7.26. The summed E-state index contributed by atoms with van der Waals surface area (Å²) >= 11 is 1.90. The lowest BCUT2D eigenvalue weighted by atomic mass is 9.85. The van der Waals surface area contributed by atoms with E-state index in [9.17, 15) is 0 Å². The van der Waals surface area contributed by atoms with E-state index in [1.807, 2.05) is 11.3 Å². The largest absolute Gasteiger partial charge is 0.456 e. The van der Waals surface area contributed by atoms with Crippen molar-refractivity contribution in [1.82, 2.24) is 0 Å². The second-order valence-electron chi connectivity index (χ2n) is 21.0. The maximum atomic E-state index is 6.48. The van der Waals surface area contributed by atoms with Crippen molar-refractivity contribution < 1.29 is 8.83 Å². The summed E-state index contributed by atoms with van der Waals surface area (Å²) in [6.45, 7) is 0. The number of hydrogen-bond acceptors (Lipinski definition) is 3. The van der Waals surface area contributed by atoms with Crippen molar-refractivity contribution in [1.29, 1.82) is 0 Å². The third-order valence-corrected chi connectivity index (χ3v) is 17.9. The lowest BCUT2D eigenvalue weighted by Crippen LogP contribution is -1.91. The molecule has 3 aromatic heterocycles. The molecule has 0 radical (unpaired) electrons. The molecule has 0 saturated carbocycles. The van der Waals surface area contributed by atoms with Crippen LogP contribution in [0, 0.1) is 0 Å². The minimum atomic E-state index is 0.891. The lowest BCUT2D eigenvalue weighted by Gasteiger charge is -2.18. The van der Waals surface area contributed by atoms with Crippen molar-refractivity contribution in [3.05, 3.63) is 267 Å². The molecule has 366 valence electrons. The molecule has 3 heterocycles. The minimum Gasteiger partial charge on any atom is -0.456 e. The molecule has 0 bridgehead atoms. The van der Waals surface area contributed by atoms with Gasteiger partial charge in [-0.25, -0.2) is 0 Å². The van der Waals surface area contributed by atoms with Gasteiger partial charge in [0.1, 0.15) is 22.3 Å². The van der Waals surface area contributed by atoms with Gasteiger partial charge in [0.15, 0.2) is 0 Å². The number of thiophene rings is 1. The van der Waals surface area contributed by atoms with Gasteiger partial charge in [0, 0.05) is 47.3 Å². The van der Waals surface area contributed by atoms with E-state index >= 15 is 0 Å². The summed E-state index contributed by atoms with van der Waals surface area (Å²) in [6.07, 6.45) is 0. The lowest BCUT2D eigenvalue weighted by molar-refractivity contribution is 0.668. The van der Waals surface area contributed by atoms with Crippen LogP contribution in [0.2, 0.25) is 0 Å². The fourth-order valence-electron chi connectivity index (χ4n) is 13.1. The Morgan fingerprint density at radius 1 is 0.203 bits per heavy atom. The highest BCUT2D eigenvalue weighted by Crippen LogP contribution is 2.51. The zero-order chi connectivity index (χ0) is 51.7. The molecule has 14 aromatic carbocycles. The first-order valence-electron chi connectivity index (χ1n) is 27.0. The van der Waals surface area contributed by atoms with Crippen LogP contribution in [-0.2, 0) is 0 Å². The first kappa shape index (κ1) is 44.1. The Morgan fingerprint density at radius 3 is 0.924 bits per heavy atom. The van der Waals surface area contributed by atoms with E-state index in [-0.39, 0.29) is 0 Å². The summed E-state index contributed by atoms with van der Waals surface area (Å²) in [4.78, 5) is 0. The van der Waals surface area contributed by atoms with Crippen LogP contribution in [-0.4, -0.2) is 0 Å². The molecule has 0 aliphatic carbocycles. The average Bonchev–Trinajstić information content (AvgIpc) is 4.42. The van der Waals surface area contributed by atoms with Gasteiger partial charge in [-0.05, 0) is 165 Å². The molecular weight excluding hydrogens is 977 g/mol. The first-order valence-corrected chi connectivity index (χ1v) is 27.9. The van der Waals surface area contributed by atoms with Crippen LogP contribution in [0.1, 0.15) is 0 Å². The standard InChI is InChI=1S/C76H44O2S/c1-3-16-45(17-4-1)47-30-35-67-62(40-47)64-42-49(32-37-69(64)77-67)72-52-20-7-9-22-54(52)74(55-23-10-8-21-53(55)72)51-34-39-71-66(44-51)60-28-15-29-61(76(60)79-71)75-58-26-13-11-24-56(58)73(57-25-12-14-27-59(57)75)50-33-38-70-65(43-50)63-41-48(31-36-68(63)78-70)46-18-5-2-6-19-46/h1-44H. The summed E-state index contributed by atoms with van der Waals surface area (Å²) in [6, 6.07) is 97.8. The molecule has 0 amide bonds. The van der Waals surface area contributed by atoms with Crippen molar-refractivity contribution in [2.75, 3.05) is 0 Å². The molecule has 17 rings (SSSR count). The van der Waals surface area contributed by atoms with Gasteiger partial charge in [0.2, 0.25) is 0 Å². The predicted octanol–water partition coefficient (Wildman–Crippen LogP) is 22.5. The average molecular weight is 1020 g/mol. The van der Waals surface area contributed by atoms with Crippen LogP contribution in [0.25, 0.3) is 174 Å². The van der Waals surface area contributed by atoms with Crippen LogP contribution in [0.4, 0.5) is 0 Å². The predicted molar refractivity (Wildman–Crippen MR) is 337 cm³/mol. The van der Waals surface area contributed by atoms with Crippen LogP contribution >= 0.6 is 11.3 Å². The topological polar surface area (TPSA) is 26.3 Å². The highest BCUT2D eigenvalue weighted by atomic mass is 32.1. The number of fused-ring (bicyclic) bond motifs is 13. The fraction of sp³-hybridized carbons (Fsp3) is 0. The molecule has 0 aliphatic rings. The second-order valence-corrected chi connectivity index (χ2v) is 22.0. The van der Waals surface area contributed by atoms with Crippen LogP contribution in [0.5, 0.6) is 0 Å².